The molecule has 2 fully saturated rings. The number of hydrogen-bond acceptors (Lipinski definition) is 6. The van der Waals surface area contributed by atoms with Crippen molar-refractivity contribution in [1.82, 2.24) is 14.5 Å². The van der Waals surface area contributed by atoms with Gasteiger partial charge in [0.1, 0.15) is 5.00 Å². The van der Waals surface area contributed by atoms with Gasteiger partial charge in [0.2, 0.25) is 10.0 Å². The summed E-state index contributed by atoms with van der Waals surface area (Å²) in [5.41, 5.74) is 2.01. The smallest absolute Gasteiger partial charge is 0.256 e. The molecule has 2 bridgehead atoms. The Morgan fingerprint density at radius 3 is 2.49 bits per heavy atom. The Balaban J connectivity index is 1.35. The zero-order chi connectivity index (χ0) is 28.2. The van der Waals surface area contributed by atoms with Crippen LogP contribution in [0.4, 0.5) is 5.00 Å². The maximum Gasteiger partial charge on any atom is 0.256 e. The van der Waals surface area contributed by atoms with Gasteiger partial charge < -0.3 is 10.6 Å². The average molecular weight is 573 g/mol. The highest BCUT2D eigenvalue weighted by molar-refractivity contribution is 7.89. The molecule has 5 rings (SSSR count). The van der Waals surface area contributed by atoms with Gasteiger partial charge in [0.25, 0.3) is 11.8 Å². The van der Waals surface area contributed by atoms with E-state index in [1.165, 1.54) is 23.5 Å². The van der Waals surface area contributed by atoms with Crippen LogP contribution in [0, 0.1) is 10.8 Å². The van der Waals surface area contributed by atoms with E-state index >= 15 is 0 Å². The van der Waals surface area contributed by atoms with Gasteiger partial charge >= 0.3 is 0 Å². The van der Waals surface area contributed by atoms with E-state index in [1.54, 1.807) is 23.5 Å². The molecule has 0 spiro atoms. The summed E-state index contributed by atoms with van der Waals surface area (Å²) in [6, 6.07) is 6.19. The van der Waals surface area contributed by atoms with E-state index in [1.807, 2.05) is 0 Å². The van der Waals surface area contributed by atoms with E-state index in [0.29, 0.717) is 22.7 Å². The van der Waals surface area contributed by atoms with E-state index in [4.69, 9.17) is 0 Å². The number of nitrogens with one attached hydrogen (secondary N) is 2. The third-order valence-electron chi connectivity index (χ3n) is 8.45. The Morgan fingerprint density at radius 2 is 1.82 bits per heavy atom. The van der Waals surface area contributed by atoms with Crippen molar-refractivity contribution in [3.63, 3.8) is 0 Å². The van der Waals surface area contributed by atoms with E-state index in [-0.39, 0.29) is 33.6 Å². The second kappa shape index (κ2) is 10.3. The Labute approximate surface area is 236 Å². The number of amides is 2. The van der Waals surface area contributed by atoms with Crippen molar-refractivity contribution in [3.8, 4) is 0 Å². The Morgan fingerprint density at radius 1 is 1.10 bits per heavy atom. The van der Waals surface area contributed by atoms with Crippen molar-refractivity contribution in [1.29, 1.82) is 0 Å². The zero-order valence-corrected chi connectivity index (χ0v) is 25.2. The number of carbonyl (C=O) groups excluding carboxylic acids is 2. The quantitative estimate of drug-likeness (QED) is 0.501. The molecule has 3 aliphatic rings. The predicted molar refractivity (Wildman–Crippen MR) is 155 cm³/mol. The van der Waals surface area contributed by atoms with Crippen LogP contribution >= 0.6 is 11.3 Å². The molecule has 2 aromatic rings. The highest BCUT2D eigenvalue weighted by Gasteiger charge is 2.53. The molecule has 1 saturated carbocycles. The summed E-state index contributed by atoms with van der Waals surface area (Å²) in [7, 11) is -2.07. The predicted octanol–water partition coefficient (Wildman–Crippen LogP) is 4.72. The minimum absolute atomic E-state index is 0.00472. The molecule has 1 saturated heterocycles. The van der Waals surface area contributed by atoms with E-state index in [9.17, 15) is 18.0 Å². The van der Waals surface area contributed by atoms with Crippen molar-refractivity contribution >= 4 is 38.2 Å². The Hall–Kier alpha value is -2.27. The second-order valence-electron chi connectivity index (χ2n) is 12.6. The fourth-order valence-electron chi connectivity index (χ4n) is 7.19. The fraction of sp³-hybridized carbons (Fsp3) is 0.586. The molecule has 10 heteroatoms. The Bertz CT molecular complexity index is 1380. The highest BCUT2D eigenvalue weighted by atomic mass is 32.2. The number of anilines is 1. The molecule has 8 nitrogen and oxygen atoms in total. The topological polar surface area (TPSA) is 98.8 Å². The molecule has 2 N–H and O–H groups in total. The van der Waals surface area contributed by atoms with Crippen LogP contribution in [-0.4, -0.2) is 62.2 Å². The third kappa shape index (κ3) is 5.40. The number of fused-ring (bicyclic) bond motifs is 3. The zero-order valence-electron chi connectivity index (χ0n) is 23.6. The first-order valence-electron chi connectivity index (χ1n) is 13.9. The van der Waals surface area contributed by atoms with E-state index in [0.717, 1.165) is 62.2 Å². The number of thiophene rings is 1. The summed E-state index contributed by atoms with van der Waals surface area (Å²) in [4.78, 5) is 29.7. The minimum Gasteiger partial charge on any atom is -0.355 e. The van der Waals surface area contributed by atoms with Crippen LogP contribution in [0.2, 0.25) is 0 Å². The molecular formula is C29H40N4O4S2. The normalized spacial score (nSPS) is 24.8. The monoisotopic (exact) mass is 572 g/mol. The van der Waals surface area contributed by atoms with Gasteiger partial charge in [-0.05, 0) is 79.3 Å². The fourth-order valence-corrected chi connectivity index (χ4v) is 10.3. The summed E-state index contributed by atoms with van der Waals surface area (Å²) < 4.78 is 28.9. The SMILES string of the molecule is CCCN1CCc2c(sc(NC(=O)c3ccc(S(=O)(=O)N4CC5(C)CC4CC(C)(C)C5)cc3)c2C(=O)NC)C1. The van der Waals surface area contributed by atoms with Gasteiger partial charge in [-0.3, -0.25) is 14.5 Å². The lowest BCUT2D eigenvalue weighted by molar-refractivity contribution is 0.0962. The molecule has 3 heterocycles. The number of rotatable bonds is 7. The molecule has 1 aromatic carbocycles. The number of carbonyl (C=O) groups is 2. The van der Waals surface area contributed by atoms with Crippen LogP contribution in [0.25, 0.3) is 0 Å². The van der Waals surface area contributed by atoms with Gasteiger partial charge in [0, 0.05) is 43.2 Å². The molecule has 2 amide bonds. The molecule has 212 valence electrons. The number of sulfonamides is 1. The lowest BCUT2D eigenvalue weighted by Gasteiger charge is -2.39. The van der Waals surface area contributed by atoms with Crippen LogP contribution in [0.5, 0.6) is 0 Å². The molecular weight excluding hydrogens is 532 g/mol. The van der Waals surface area contributed by atoms with Gasteiger partial charge in [-0.15, -0.1) is 11.3 Å². The van der Waals surface area contributed by atoms with Crippen molar-refractivity contribution in [2.24, 2.45) is 10.8 Å². The average Bonchev–Trinajstić information content (AvgIpc) is 3.36. The number of benzene rings is 1. The van der Waals surface area contributed by atoms with Crippen LogP contribution < -0.4 is 10.6 Å². The molecule has 1 aromatic heterocycles. The summed E-state index contributed by atoms with van der Waals surface area (Å²) in [6.07, 6.45) is 4.60. The lowest BCUT2D eigenvalue weighted by Crippen LogP contribution is -2.37. The van der Waals surface area contributed by atoms with Crippen molar-refractivity contribution in [2.45, 2.75) is 77.3 Å². The second-order valence-corrected chi connectivity index (χ2v) is 15.6. The van der Waals surface area contributed by atoms with Gasteiger partial charge in [-0.2, -0.15) is 4.31 Å². The van der Waals surface area contributed by atoms with Crippen LogP contribution in [0.15, 0.2) is 29.2 Å². The first-order valence-corrected chi connectivity index (χ1v) is 16.1. The summed E-state index contributed by atoms with van der Waals surface area (Å²) >= 11 is 1.45. The highest BCUT2D eigenvalue weighted by Crippen LogP contribution is 2.53. The Kier molecular flexibility index (Phi) is 7.45. The van der Waals surface area contributed by atoms with Gasteiger partial charge in [0.15, 0.2) is 0 Å². The number of hydrogen-bond donors (Lipinski definition) is 2. The standard InChI is InChI=1S/C29H40N4O4S2/c1-6-12-32-13-11-22-23(16-32)38-27(24(22)26(35)30-5)31-25(34)19-7-9-21(10-8-19)39(36,37)33-18-29(4)15-20(33)14-28(2,3)17-29/h7-10,20H,6,11-18H2,1-5H3,(H,30,35)(H,31,34). The van der Waals surface area contributed by atoms with Gasteiger partial charge in [-0.1, -0.05) is 27.7 Å². The van der Waals surface area contributed by atoms with Gasteiger partial charge in [0.05, 0.1) is 10.5 Å². The molecule has 2 aliphatic heterocycles. The summed E-state index contributed by atoms with van der Waals surface area (Å²) in [5, 5.41) is 6.20. The van der Waals surface area contributed by atoms with Crippen molar-refractivity contribution < 1.29 is 18.0 Å². The summed E-state index contributed by atoms with van der Waals surface area (Å²) in [5.74, 6) is -0.569. The molecule has 1 aliphatic carbocycles. The number of nitrogens with zero attached hydrogens (tertiary/aromatic N) is 2. The third-order valence-corrected chi connectivity index (χ3v) is 11.5. The van der Waals surface area contributed by atoms with E-state index in [2.05, 4.69) is 43.2 Å². The van der Waals surface area contributed by atoms with Crippen LogP contribution in [-0.2, 0) is 23.0 Å². The van der Waals surface area contributed by atoms with Crippen LogP contribution in [0.1, 0.15) is 84.5 Å². The van der Waals surface area contributed by atoms with Crippen LogP contribution in [0.3, 0.4) is 0 Å². The minimum atomic E-state index is -3.67. The first kappa shape index (κ1) is 28.3. The molecule has 39 heavy (non-hydrogen) atoms. The largest absolute Gasteiger partial charge is 0.355 e. The van der Waals surface area contributed by atoms with Gasteiger partial charge in [-0.25, -0.2) is 8.42 Å². The lowest BCUT2D eigenvalue weighted by atomic mass is 9.65. The van der Waals surface area contributed by atoms with Crippen molar-refractivity contribution in [2.75, 3.05) is 32.0 Å². The maximum atomic E-state index is 13.6. The molecule has 0 radical (unpaired) electrons. The van der Waals surface area contributed by atoms with Crippen molar-refractivity contribution in [3.05, 3.63) is 45.8 Å². The summed E-state index contributed by atoms with van der Waals surface area (Å²) in [6.45, 7) is 12.0. The first-order chi connectivity index (χ1) is 18.4. The maximum absolute atomic E-state index is 13.6. The molecule has 2 atom stereocenters. The van der Waals surface area contributed by atoms with E-state index < -0.39 is 10.0 Å². The molecule has 2 unspecified atom stereocenters.